The van der Waals surface area contributed by atoms with Crippen LogP contribution >= 0.6 is 11.6 Å². The number of nitrogens with zero attached hydrogens (tertiary/aromatic N) is 1. The van der Waals surface area contributed by atoms with Crippen LogP contribution in [0.15, 0.2) is 47.6 Å². The Morgan fingerprint density at radius 2 is 1.90 bits per heavy atom. The quantitative estimate of drug-likeness (QED) is 0.344. The molecule has 0 saturated carbocycles. The van der Waals surface area contributed by atoms with Crippen molar-refractivity contribution in [2.24, 2.45) is 10.9 Å². The van der Waals surface area contributed by atoms with E-state index in [-0.39, 0.29) is 5.84 Å². The summed E-state index contributed by atoms with van der Waals surface area (Å²) in [5, 5.41) is 15.6. The first kappa shape index (κ1) is 15.4. The lowest BCUT2D eigenvalue weighted by atomic mass is 10.1. The van der Waals surface area contributed by atoms with Crippen molar-refractivity contribution in [1.29, 1.82) is 0 Å². The number of aryl methyl sites for hydroxylation is 1. The largest absolute Gasteiger partial charge is 0.409 e. The minimum absolute atomic E-state index is 0.0521. The van der Waals surface area contributed by atoms with E-state index in [2.05, 4.69) is 29.5 Å². The Kier molecular flexibility index (Phi) is 5.20. The average Bonchev–Trinajstić information content (AvgIpc) is 2.50. The lowest BCUT2D eigenvalue weighted by molar-refractivity contribution is 0.318. The number of oxime groups is 1. The molecule has 21 heavy (non-hydrogen) atoms. The fraction of sp³-hybridized carbons (Fsp3) is 0.188. The van der Waals surface area contributed by atoms with E-state index in [1.54, 1.807) is 12.1 Å². The molecule has 0 atom stereocenters. The summed E-state index contributed by atoms with van der Waals surface area (Å²) in [7, 11) is 0. The van der Waals surface area contributed by atoms with Crippen LogP contribution in [0, 0.1) is 6.92 Å². The van der Waals surface area contributed by atoms with Crippen molar-refractivity contribution in [3.8, 4) is 0 Å². The molecule has 0 spiro atoms. The standard InChI is InChI=1S/C16H18ClN3O/c1-11-4-2-3-5-13(11)9-19-10-14-7-6-12(8-15(14)17)16(18)20-21/h2-8,19,21H,9-10H2,1H3,(H2,18,20). The van der Waals surface area contributed by atoms with Gasteiger partial charge in [0.25, 0.3) is 0 Å². The fourth-order valence-electron chi connectivity index (χ4n) is 2.05. The smallest absolute Gasteiger partial charge is 0.170 e. The molecule has 0 radical (unpaired) electrons. The topological polar surface area (TPSA) is 70.6 Å². The first-order valence-corrected chi connectivity index (χ1v) is 7.01. The predicted molar refractivity (Wildman–Crippen MR) is 85.7 cm³/mol. The Balaban J connectivity index is 1.99. The van der Waals surface area contributed by atoms with Gasteiger partial charge in [-0.25, -0.2) is 0 Å². The van der Waals surface area contributed by atoms with E-state index in [4.69, 9.17) is 22.5 Å². The highest BCUT2D eigenvalue weighted by Gasteiger charge is 2.05. The van der Waals surface area contributed by atoms with Gasteiger partial charge in [-0.15, -0.1) is 0 Å². The molecule has 0 saturated heterocycles. The van der Waals surface area contributed by atoms with Crippen LogP contribution in [0.3, 0.4) is 0 Å². The van der Waals surface area contributed by atoms with Crippen LogP contribution in [0.25, 0.3) is 0 Å². The summed E-state index contributed by atoms with van der Waals surface area (Å²) in [4.78, 5) is 0. The van der Waals surface area contributed by atoms with Crippen molar-refractivity contribution in [2.45, 2.75) is 20.0 Å². The summed E-state index contributed by atoms with van der Waals surface area (Å²) in [6, 6.07) is 13.6. The molecule has 0 heterocycles. The Morgan fingerprint density at radius 3 is 2.57 bits per heavy atom. The zero-order valence-electron chi connectivity index (χ0n) is 11.8. The van der Waals surface area contributed by atoms with Gasteiger partial charge in [-0.05, 0) is 29.7 Å². The van der Waals surface area contributed by atoms with Crippen LogP contribution in [-0.2, 0) is 13.1 Å². The monoisotopic (exact) mass is 303 g/mol. The zero-order chi connectivity index (χ0) is 15.2. The summed E-state index contributed by atoms with van der Waals surface area (Å²) in [5.41, 5.74) is 9.63. The summed E-state index contributed by atoms with van der Waals surface area (Å²) in [6.45, 7) is 3.53. The molecular weight excluding hydrogens is 286 g/mol. The van der Waals surface area contributed by atoms with E-state index in [9.17, 15) is 0 Å². The molecule has 0 aromatic heterocycles. The van der Waals surface area contributed by atoms with Crippen molar-refractivity contribution in [3.05, 3.63) is 69.7 Å². The highest BCUT2D eigenvalue weighted by Crippen LogP contribution is 2.18. The molecule has 0 aliphatic rings. The maximum atomic E-state index is 8.65. The Bertz CT molecular complexity index is 656. The van der Waals surface area contributed by atoms with Crippen LogP contribution in [0.5, 0.6) is 0 Å². The third kappa shape index (κ3) is 3.97. The van der Waals surface area contributed by atoms with E-state index in [1.807, 2.05) is 18.2 Å². The number of nitrogens with two attached hydrogens (primary N) is 1. The average molecular weight is 304 g/mol. The molecule has 4 N–H and O–H groups in total. The molecule has 2 aromatic rings. The van der Waals surface area contributed by atoms with E-state index in [0.717, 1.165) is 12.1 Å². The van der Waals surface area contributed by atoms with Crippen molar-refractivity contribution in [1.82, 2.24) is 5.32 Å². The highest BCUT2D eigenvalue weighted by atomic mass is 35.5. The summed E-state index contributed by atoms with van der Waals surface area (Å²) < 4.78 is 0. The zero-order valence-corrected chi connectivity index (χ0v) is 12.6. The number of amidine groups is 1. The minimum atomic E-state index is 0.0521. The first-order valence-electron chi connectivity index (χ1n) is 6.63. The van der Waals surface area contributed by atoms with E-state index in [1.165, 1.54) is 11.1 Å². The van der Waals surface area contributed by atoms with Gasteiger partial charge in [0.2, 0.25) is 0 Å². The fourth-order valence-corrected chi connectivity index (χ4v) is 2.30. The van der Waals surface area contributed by atoms with E-state index >= 15 is 0 Å². The lowest BCUT2D eigenvalue weighted by Crippen LogP contribution is -2.15. The van der Waals surface area contributed by atoms with Crippen LogP contribution in [0.1, 0.15) is 22.3 Å². The highest BCUT2D eigenvalue weighted by molar-refractivity contribution is 6.31. The van der Waals surface area contributed by atoms with Gasteiger partial charge in [0, 0.05) is 23.7 Å². The van der Waals surface area contributed by atoms with Crippen molar-refractivity contribution in [3.63, 3.8) is 0 Å². The van der Waals surface area contributed by atoms with Gasteiger partial charge < -0.3 is 16.3 Å². The second-order valence-electron chi connectivity index (χ2n) is 4.82. The molecule has 0 aliphatic heterocycles. The molecule has 2 aromatic carbocycles. The summed E-state index contributed by atoms with van der Waals surface area (Å²) in [6.07, 6.45) is 0. The SMILES string of the molecule is Cc1ccccc1CNCc1ccc(/C(N)=N/O)cc1Cl. The second kappa shape index (κ2) is 7.11. The number of rotatable bonds is 5. The summed E-state index contributed by atoms with van der Waals surface area (Å²) >= 11 is 6.21. The lowest BCUT2D eigenvalue weighted by Gasteiger charge is -2.10. The van der Waals surface area contributed by atoms with E-state index < -0.39 is 0 Å². The Labute approximate surface area is 129 Å². The molecular formula is C16H18ClN3O. The van der Waals surface area contributed by atoms with Gasteiger partial charge >= 0.3 is 0 Å². The van der Waals surface area contributed by atoms with Gasteiger partial charge in [-0.3, -0.25) is 0 Å². The van der Waals surface area contributed by atoms with Crippen LogP contribution < -0.4 is 11.1 Å². The molecule has 0 aliphatic carbocycles. The molecule has 0 fully saturated rings. The van der Waals surface area contributed by atoms with Crippen LogP contribution in [-0.4, -0.2) is 11.0 Å². The molecule has 2 rings (SSSR count). The molecule has 5 heteroatoms. The Morgan fingerprint density at radius 1 is 1.19 bits per heavy atom. The van der Waals surface area contributed by atoms with Crippen molar-refractivity contribution < 1.29 is 5.21 Å². The third-order valence-electron chi connectivity index (χ3n) is 3.35. The molecule has 0 bridgehead atoms. The maximum absolute atomic E-state index is 8.65. The van der Waals surface area contributed by atoms with Gasteiger partial charge in [0.05, 0.1) is 0 Å². The molecule has 0 unspecified atom stereocenters. The number of hydrogen-bond acceptors (Lipinski definition) is 3. The normalized spacial score (nSPS) is 11.6. The van der Waals surface area contributed by atoms with Gasteiger partial charge in [0.15, 0.2) is 5.84 Å². The number of benzene rings is 2. The first-order chi connectivity index (χ1) is 10.1. The van der Waals surface area contributed by atoms with Crippen molar-refractivity contribution in [2.75, 3.05) is 0 Å². The van der Waals surface area contributed by atoms with E-state index in [0.29, 0.717) is 17.1 Å². The summed E-state index contributed by atoms with van der Waals surface area (Å²) in [5.74, 6) is 0.0521. The maximum Gasteiger partial charge on any atom is 0.170 e. The predicted octanol–water partition coefficient (Wildman–Crippen LogP) is 3.03. The molecule has 0 amide bonds. The minimum Gasteiger partial charge on any atom is -0.409 e. The molecule has 110 valence electrons. The van der Waals surface area contributed by atoms with Crippen LogP contribution in [0.2, 0.25) is 5.02 Å². The van der Waals surface area contributed by atoms with Crippen molar-refractivity contribution >= 4 is 17.4 Å². The van der Waals surface area contributed by atoms with Gasteiger partial charge in [-0.1, -0.05) is 53.2 Å². The van der Waals surface area contributed by atoms with Crippen LogP contribution in [0.4, 0.5) is 0 Å². The number of nitrogens with one attached hydrogen (secondary N) is 1. The van der Waals surface area contributed by atoms with Gasteiger partial charge in [-0.2, -0.15) is 0 Å². The number of hydrogen-bond donors (Lipinski definition) is 3. The van der Waals surface area contributed by atoms with Gasteiger partial charge in [0.1, 0.15) is 0 Å². The second-order valence-corrected chi connectivity index (χ2v) is 5.23. The Hall–Kier alpha value is -2.04. The number of halogens is 1. The third-order valence-corrected chi connectivity index (χ3v) is 3.70. The molecule has 4 nitrogen and oxygen atoms in total.